The van der Waals surface area contributed by atoms with E-state index in [0.717, 1.165) is 33.4 Å². The number of carbonyl (C=O) groups excluding carboxylic acids is 6. The van der Waals surface area contributed by atoms with Gasteiger partial charge in [-0.1, -0.05) is 20.8 Å². The van der Waals surface area contributed by atoms with E-state index in [0.29, 0.717) is 19.3 Å². The Bertz CT molecular complexity index is 1070. The molecule has 0 aliphatic carbocycles. The molecule has 0 saturated carbocycles. The first-order valence-corrected chi connectivity index (χ1v) is 15.2. The summed E-state index contributed by atoms with van der Waals surface area (Å²) in [6.45, 7) is 6.28. The molecule has 0 fully saturated rings. The monoisotopic (exact) mass is 633 g/mol. The van der Waals surface area contributed by atoms with Crippen molar-refractivity contribution < 1.29 is 28.8 Å². The van der Waals surface area contributed by atoms with Crippen molar-refractivity contribution in [3.63, 3.8) is 0 Å². The SMILES string of the molecule is CCc1c(CNC(=O)C[C@H](N)C(=O)NC)c(CC)c(CNC(=O)C[C@H](N)C(=O)NC)c(CC)c1CNC(=O)C[C@H](N)C(=O)NC. The second-order valence-electron chi connectivity index (χ2n) is 10.5. The van der Waals surface area contributed by atoms with Gasteiger partial charge in [-0.25, -0.2) is 0 Å². The Kier molecular flexibility index (Phi) is 16.7. The molecule has 6 amide bonds. The van der Waals surface area contributed by atoms with Gasteiger partial charge >= 0.3 is 0 Å². The third kappa shape index (κ3) is 11.4. The van der Waals surface area contributed by atoms with E-state index in [1.807, 2.05) is 20.8 Å². The second kappa shape index (κ2) is 19.3. The fourth-order valence-corrected chi connectivity index (χ4v) is 5.22. The van der Waals surface area contributed by atoms with Gasteiger partial charge in [-0.15, -0.1) is 0 Å². The minimum atomic E-state index is -1.01. The zero-order valence-corrected chi connectivity index (χ0v) is 27.3. The number of nitrogens with two attached hydrogens (primary N) is 3. The highest BCUT2D eigenvalue weighted by molar-refractivity contribution is 5.89. The Hall–Kier alpha value is -4.08. The minimum Gasteiger partial charge on any atom is -0.358 e. The molecule has 0 spiro atoms. The van der Waals surface area contributed by atoms with E-state index in [-0.39, 0.29) is 38.9 Å². The zero-order valence-electron chi connectivity index (χ0n) is 27.3. The summed E-state index contributed by atoms with van der Waals surface area (Å²) in [4.78, 5) is 73.8. The van der Waals surface area contributed by atoms with E-state index < -0.39 is 53.6 Å². The topological polar surface area (TPSA) is 253 Å². The smallest absolute Gasteiger partial charge is 0.237 e. The van der Waals surface area contributed by atoms with Crippen LogP contribution in [0.25, 0.3) is 0 Å². The third-order valence-electron chi connectivity index (χ3n) is 7.60. The first kappa shape index (κ1) is 38.9. The highest BCUT2D eigenvalue weighted by Crippen LogP contribution is 2.31. The quantitative estimate of drug-likeness (QED) is 0.0835. The predicted molar refractivity (Wildman–Crippen MR) is 170 cm³/mol. The van der Waals surface area contributed by atoms with Crippen LogP contribution in [0.2, 0.25) is 0 Å². The number of rotatable bonds is 18. The average Bonchev–Trinajstić information content (AvgIpc) is 3.02. The van der Waals surface area contributed by atoms with Crippen molar-refractivity contribution in [2.45, 2.75) is 97.1 Å². The van der Waals surface area contributed by atoms with Crippen LogP contribution < -0.4 is 49.1 Å². The molecule has 0 heterocycles. The maximum absolute atomic E-state index is 12.8. The molecule has 0 unspecified atom stereocenters. The van der Waals surface area contributed by atoms with Crippen molar-refractivity contribution in [3.05, 3.63) is 33.4 Å². The van der Waals surface area contributed by atoms with Crippen LogP contribution in [-0.2, 0) is 67.7 Å². The van der Waals surface area contributed by atoms with Gasteiger partial charge in [0.1, 0.15) is 0 Å². The van der Waals surface area contributed by atoms with Crippen LogP contribution in [-0.4, -0.2) is 74.7 Å². The summed E-state index contributed by atoms with van der Waals surface area (Å²) in [6.07, 6.45) is 1.08. The van der Waals surface area contributed by atoms with E-state index in [2.05, 4.69) is 31.9 Å². The Labute approximate surface area is 264 Å². The maximum atomic E-state index is 12.8. The number of hydrogen-bond acceptors (Lipinski definition) is 9. The fourth-order valence-electron chi connectivity index (χ4n) is 5.22. The molecule has 252 valence electrons. The first-order valence-electron chi connectivity index (χ1n) is 15.2. The number of benzene rings is 1. The van der Waals surface area contributed by atoms with Gasteiger partial charge in [0.25, 0.3) is 0 Å². The Morgan fingerprint density at radius 3 is 0.867 bits per heavy atom. The molecule has 3 atom stereocenters. The molecular formula is C30H51N9O6. The molecule has 15 nitrogen and oxygen atoms in total. The Morgan fingerprint density at radius 2 is 0.689 bits per heavy atom. The highest BCUT2D eigenvalue weighted by atomic mass is 16.2. The van der Waals surface area contributed by atoms with Gasteiger partial charge in [0.15, 0.2) is 0 Å². The number of likely N-dealkylation sites (N-methyl/N-ethyl adjacent to an activating group) is 3. The highest BCUT2D eigenvalue weighted by Gasteiger charge is 2.25. The van der Waals surface area contributed by atoms with Crippen LogP contribution in [0.4, 0.5) is 0 Å². The standard InChI is InChI=1S/C30H51N9O6/c1-7-16-19(13-37-25(40)10-22(31)28(43)34-4)17(8-2)21(15-39-27(42)12-24(33)30(45)36-6)18(9-3)20(16)14-38-26(41)11-23(32)29(44)35-5/h22-24H,7-15,31-33H2,1-6H3,(H,34,43)(H,35,44)(H,36,45)(H,37,40)(H,38,41)(H,39,42)/t22-,23-,24-/m0/s1. The summed E-state index contributed by atoms with van der Waals surface area (Å²) in [6, 6.07) is -3.02. The largest absolute Gasteiger partial charge is 0.358 e. The maximum Gasteiger partial charge on any atom is 0.237 e. The van der Waals surface area contributed by atoms with Gasteiger partial charge in [-0.2, -0.15) is 0 Å². The third-order valence-corrected chi connectivity index (χ3v) is 7.60. The molecule has 0 aliphatic heterocycles. The molecular weight excluding hydrogens is 582 g/mol. The van der Waals surface area contributed by atoms with Gasteiger partial charge in [0, 0.05) is 40.8 Å². The summed E-state index contributed by atoms with van der Waals surface area (Å²) < 4.78 is 0. The summed E-state index contributed by atoms with van der Waals surface area (Å²) in [5, 5.41) is 15.9. The first-order chi connectivity index (χ1) is 21.3. The van der Waals surface area contributed by atoms with E-state index in [1.54, 1.807) is 0 Å². The summed E-state index contributed by atoms with van der Waals surface area (Å²) >= 11 is 0. The van der Waals surface area contributed by atoms with Gasteiger partial charge < -0.3 is 49.1 Å². The van der Waals surface area contributed by atoms with Crippen molar-refractivity contribution in [3.8, 4) is 0 Å². The van der Waals surface area contributed by atoms with E-state index >= 15 is 0 Å². The molecule has 0 aliphatic rings. The average molecular weight is 634 g/mol. The second-order valence-corrected chi connectivity index (χ2v) is 10.5. The number of amides is 6. The molecule has 0 saturated heterocycles. The lowest BCUT2D eigenvalue weighted by atomic mass is 9.83. The van der Waals surface area contributed by atoms with Crippen molar-refractivity contribution in [1.29, 1.82) is 0 Å². The van der Waals surface area contributed by atoms with Crippen LogP contribution in [0.1, 0.15) is 73.4 Å². The summed E-state index contributed by atoms with van der Waals surface area (Å²) in [5.41, 5.74) is 22.8. The van der Waals surface area contributed by atoms with Crippen LogP contribution >= 0.6 is 0 Å². The van der Waals surface area contributed by atoms with E-state index in [9.17, 15) is 28.8 Å². The van der Waals surface area contributed by atoms with Crippen LogP contribution in [0.3, 0.4) is 0 Å². The number of carbonyl (C=O) groups is 6. The van der Waals surface area contributed by atoms with E-state index in [1.165, 1.54) is 21.1 Å². The Balaban J connectivity index is 3.54. The number of hydrogen-bond donors (Lipinski definition) is 9. The number of nitrogens with one attached hydrogen (secondary N) is 6. The normalized spacial score (nSPS) is 12.7. The lowest BCUT2D eigenvalue weighted by Gasteiger charge is -2.27. The van der Waals surface area contributed by atoms with E-state index in [4.69, 9.17) is 17.2 Å². The molecule has 1 rings (SSSR count). The fraction of sp³-hybridized carbons (Fsp3) is 0.600. The van der Waals surface area contributed by atoms with Crippen LogP contribution in [0.5, 0.6) is 0 Å². The minimum absolute atomic E-state index is 0.126. The van der Waals surface area contributed by atoms with Gasteiger partial charge in [0.2, 0.25) is 35.4 Å². The predicted octanol–water partition coefficient (Wildman–Crippen LogP) is -2.39. The van der Waals surface area contributed by atoms with Gasteiger partial charge in [-0.05, 0) is 52.6 Å². The van der Waals surface area contributed by atoms with Crippen LogP contribution in [0, 0.1) is 0 Å². The zero-order chi connectivity index (χ0) is 34.3. The molecule has 0 radical (unpaired) electrons. The summed E-state index contributed by atoms with van der Waals surface area (Å²) in [5.74, 6) is -2.60. The molecule has 12 N–H and O–H groups in total. The molecule has 1 aromatic carbocycles. The van der Waals surface area contributed by atoms with Crippen molar-refractivity contribution in [1.82, 2.24) is 31.9 Å². The molecule has 0 bridgehead atoms. The summed E-state index contributed by atoms with van der Waals surface area (Å²) in [7, 11) is 4.32. The van der Waals surface area contributed by atoms with Crippen molar-refractivity contribution in [2.24, 2.45) is 17.2 Å². The van der Waals surface area contributed by atoms with Gasteiger partial charge in [0.05, 0.1) is 37.4 Å². The molecule has 1 aromatic rings. The lowest BCUT2D eigenvalue weighted by Crippen LogP contribution is -2.43. The van der Waals surface area contributed by atoms with Gasteiger partial charge in [-0.3, -0.25) is 28.8 Å². The van der Waals surface area contributed by atoms with Crippen molar-refractivity contribution >= 4 is 35.4 Å². The molecule has 45 heavy (non-hydrogen) atoms. The Morgan fingerprint density at radius 1 is 0.467 bits per heavy atom. The molecule has 0 aromatic heterocycles. The lowest BCUT2D eigenvalue weighted by molar-refractivity contribution is -0.127. The van der Waals surface area contributed by atoms with Crippen LogP contribution in [0.15, 0.2) is 0 Å². The van der Waals surface area contributed by atoms with Crippen molar-refractivity contribution in [2.75, 3.05) is 21.1 Å². The molecule has 15 heteroatoms.